The van der Waals surface area contributed by atoms with E-state index in [0.717, 1.165) is 4.47 Å². The van der Waals surface area contributed by atoms with Crippen molar-refractivity contribution >= 4 is 27.5 Å². The Morgan fingerprint density at radius 1 is 1.18 bits per heavy atom. The molecule has 0 aliphatic carbocycles. The first kappa shape index (κ1) is 13.6. The maximum Gasteiger partial charge on any atom is 0.233 e. The molecule has 0 saturated carbocycles. The van der Waals surface area contributed by atoms with Gasteiger partial charge in [-0.25, -0.2) is 0 Å². The van der Waals surface area contributed by atoms with E-state index in [9.17, 15) is 9.59 Å². The molecule has 1 rings (SSSR count). The second-order valence-electron chi connectivity index (χ2n) is 3.94. The van der Waals surface area contributed by atoms with Crippen LogP contribution in [0.15, 0.2) is 40.5 Å². The second kappa shape index (κ2) is 5.77. The minimum Gasteiger partial charge on any atom is -0.383 e. The van der Waals surface area contributed by atoms with Crippen molar-refractivity contribution in [1.29, 1.82) is 0 Å². The average Bonchev–Trinajstić information content (AvgIpc) is 2.27. The largest absolute Gasteiger partial charge is 0.383 e. The monoisotopic (exact) mass is 295 g/mol. The van der Waals surface area contributed by atoms with E-state index in [1.807, 2.05) is 0 Å². The van der Waals surface area contributed by atoms with Crippen molar-refractivity contribution in [2.75, 3.05) is 14.1 Å². The number of rotatable bonds is 4. The SMILES string of the molecule is CC(=CN(C)C)C(=O)C(=O)c1ccc(Br)cc1. The normalized spacial score (nSPS) is 11.2. The molecule has 0 bridgehead atoms. The summed E-state index contributed by atoms with van der Waals surface area (Å²) in [7, 11) is 3.61. The van der Waals surface area contributed by atoms with Crippen LogP contribution in [0.25, 0.3) is 0 Å². The van der Waals surface area contributed by atoms with Gasteiger partial charge in [0.2, 0.25) is 11.6 Å². The minimum absolute atomic E-state index is 0.407. The number of hydrogen-bond acceptors (Lipinski definition) is 3. The number of halogens is 1. The lowest BCUT2D eigenvalue weighted by Gasteiger charge is -2.07. The molecule has 0 saturated heterocycles. The standard InChI is InChI=1S/C13H14BrNO2/c1-9(8-15(2)3)12(16)13(17)10-4-6-11(14)7-5-10/h4-8H,1-3H3. The van der Waals surface area contributed by atoms with Crippen LogP contribution in [0.5, 0.6) is 0 Å². The zero-order valence-electron chi connectivity index (χ0n) is 10.0. The maximum atomic E-state index is 11.9. The van der Waals surface area contributed by atoms with Gasteiger partial charge in [0.15, 0.2) is 0 Å². The number of Topliss-reactive ketones (excluding diaryl/α,β-unsaturated/α-hetero) is 2. The summed E-state index contributed by atoms with van der Waals surface area (Å²) in [6.45, 7) is 1.64. The van der Waals surface area contributed by atoms with Crippen molar-refractivity contribution in [3.05, 3.63) is 46.1 Å². The quantitative estimate of drug-likeness (QED) is 0.487. The van der Waals surface area contributed by atoms with Gasteiger partial charge in [-0.15, -0.1) is 0 Å². The first-order valence-electron chi connectivity index (χ1n) is 5.11. The summed E-state index contributed by atoms with van der Waals surface area (Å²) in [5, 5.41) is 0. The summed E-state index contributed by atoms with van der Waals surface area (Å²) in [6, 6.07) is 6.75. The first-order valence-corrected chi connectivity index (χ1v) is 5.90. The van der Waals surface area contributed by atoms with Crippen molar-refractivity contribution in [1.82, 2.24) is 4.90 Å². The van der Waals surface area contributed by atoms with E-state index in [1.165, 1.54) is 0 Å². The molecule has 1 aromatic rings. The minimum atomic E-state index is -0.479. The van der Waals surface area contributed by atoms with Crippen LogP contribution in [0.2, 0.25) is 0 Å². The molecule has 0 heterocycles. The Morgan fingerprint density at radius 2 is 1.71 bits per heavy atom. The van der Waals surface area contributed by atoms with Crippen molar-refractivity contribution in [3.8, 4) is 0 Å². The van der Waals surface area contributed by atoms with Crippen molar-refractivity contribution in [2.24, 2.45) is 0 Å². The highest BCUT2D eigenvalue weighted by atomic mass is 79.9. The number of allylic oxidation sites excluding steroid dienone is 1. The number of benzene rings is 1. The molecule has 1 aromatic carbocycles. The Bertz CT molecular complexity index is 461. The Kier molecular flexibility index (Phi) is 4.63. The molecule has 90 valence electrons. The Hall–Kier alpha value is -1.42. The number of ketones is 2. The van der Waals surface area contributed by atoms with Crippen molar-refractivity contribution < 1.29 is 9.59 Å². The van der Waals surface area contributed by atoms with E-state index < -0.39 is 11.6 Å². The van der Waals surface area contributed by atoms with E-state index in [1.54, 1.807) is 56.4 Å². The fourth-order valence-electron chi connectivity index (χ4n) is 1.36. The molecule has 0 spiro atoms. The molecule has 17 heavy (non-hydrogen) atoms. The fourth-order valence-corrected chi connectivity index (χ4v) is 1.62. The molecular formula is C13H14BrNO2. The third-order valence-electron chi connectivity index (χ3n) is 2.12. The highest BCUT2D eigenvalue weighted by Gasteiger charge is 2.17. The van der Waals surface area contributed by atoms with Gasteiger partial charge in [-0.05, 0) is 31.2 Å². The first-order chi connectivity index (χ1) is 7.91. The molecule has 0 radical (unpaired) electrons. The van der Waals surface area contributed by atoms with Gasteiger partial charge in [0.25, 0.3) is 0 Å². The molecule has 0 aromatic heterocycles. The number of hydrogen-bond donors (Lipinski definition) is 0. The van der Waals surface area contributed by atoms with Gasteiger partial charge >= 0.3 is 0 Å². The van der Waals surface area contributed by atoms with Gasteiger partial charge in [0.1, 0.15) is 0 Å². The van der Waals surface area contributed by atoms with Crippen LogP contribution in [0.3, 0.4) is 0 Å². The van der Waals surface area contributed by atoms with Crippen molar-refractivity contribution in [2.45, 2.75) is 6.92 Å². The van der Waals surface area contributed by atoms with E-state index in [-0.39, 0.29) is 0 Å². The Morgan fingerprint density at radius 3 is 2.18 bits per heavy atom. The molecule has 0 aliphatic rings. The van der Waals surface area contributed by atoms with Crippen LogP contribution >= 0.6 is 15.9 Å². The molecule has 4 heteroatoms. The second-order valence-corrected chi connectivity index (χ2v) is 4.86. The van der Waals surface area contributed by atoms with E-state index in [4.69, 9.17) is 0 Å². The maximum absolute atomic E-state index is 11.9. The van der Waals surface area contributed by atoms with E-state index >= 15 is 0 Å². The molecule has 3 nitrogen and oxygen atoms in total. The van der Waals surface area contributed by atoms with Gasteiger partial charge in [-0.1, -0.05) is 15.9 Å². The van der Waals surface area contributed by atoms with Crippen LogP contribution in [0, 0.1) is 0 Å². The van der Waals surface area contributed by atoms with E-state index in [2.05, 4.69) is 15.9 Å². The van der Waals surface area contributed by atoms with Crippen LogP contribution in [0.1, 0.15) is 17.3 Å². The fraction of sp³-hybridized carbons (Fsp3) is 0.231. The van der Waals surface area contributed by atoms with Crippen molar-refractivity contribution in [3.63, 3.8) is 0 Å². The topological polar surface area (TPSA) is 37.4 Å². The highest BCUT2D eigenvalue weighted by Crippen LogP contribution is 2.12. The molecule has 0 N–H and O–H groups in total. The van der Waals surface area contributed by atoms with E-state index in [0.29, 0.717) is 11.1 Å². The summed E-state index contributed by atoms with van der Waals surface area (Å²) in [5.41, 5.74) is 0.840. The van der Waals surface area contributed by atoms with Gasteiger partial charge in [-0.2, -0.15) is 0 Å². The third kappa shape index (κ3) is 3.82. The lowest BCUT2D eigenvalue weighted by molar-refractivity contribution is -0.111. The molecule has 0 atom stereocenters. The van der Waals surface area contributed by atoms with Gasteiger partial charge in [-0.3, -0.25) is 9.59 Å². The van der Waals surface area contributed by atoms with Crippen LogP contribution in [0.4, 0.5) is 0 Å². The summed E-state index contributed by atoms with van der Waals surface area (Å²) < 4.78 is 0.877. The average molecular weight is 296 g/mol. The smallest absolute Gasteiger partial charge is 0.233 e. The third-order valence-corrected chi connectivity index (χ3v) is 2.65. The molecular weight excluding hydrogens is 282 g/mol. The lowest BCUT2D eigenvalue weighted by atomic mass is 10.0. The number of carbonyl (C=O) groups is 2. The number of nitrogens with zero attached hydrogens (tertiary/aromatic N) is 1. The summed E-state index contributed by atoms with van der Waals surface area (Å²) >= 11 is 3.28. The van der Waals surface area contributed by atoms with Gasteiger partial charge in [0.05, 0.1) is 0 Å². The van der Waals surface area contributed by atoms with Crippen LogP contribution in [-0.4, -0.2) is 30.6 Å². The zero-order chi connectivity index (χ0) is 13.0. The highest BCUT2D eigenvalue weighted by molar-refractivity contribution is 9.10. The van der Waals surface area contributed by atoms with Gasteiger partial charge < -0.3 is 4.90 Å². The summed E-state index contributed by atoms with van der Waals surface area (Å²) in [4.78, 5) is 25.4. The predicted molar refractivity (Wildman–Crippen MR) is 70.9 cm³/mol. The van der Waals surface area contributed by atoms with Crippen LogP contribution in [-0.2, 0) is 4.79 Å². The number of carbonyl (C=O) groups excluding carboxylic acids is 2. The lowest BCUT2D eigenvalue weighted by Crippen LogP contribution is -2.17. The molecule has 0 amide bonds. The Balaban J connectivity index is 2.91. The molecule has 0 fully saturated rings. The molecule has 0 unspecified atom stereocenters. The van der Waals surface area contributed by atoms with Gasteiger partial charge in [0, 0.05) is 35.9 Å². The molecule has 0 aliphatic heterocycles. The summed E-state index contributed by atoms with van der Waals surface area (Å²) in [5.74, 6) is -0.950. The Labute approximate surface area is 109 Å². The van der Waals surface area contributed by atoms with Crippen LogP contribution < -0.4 is 0 Å². The predicted octanol–water partition coefficient (Wildman–Crippen LogP) is 2.67. The summed E-state index contributed by atoms with van der Waals surface area (Å²) in [6.07, 6.45) is 1.64. The zero-order valence-corrected chi connectivity index (χ0v) is 11.6.